The molecule has 82 valence electrons. The van der Waals surface area contributed by atoms with Crippen molar-refractivity contribution in [3.63, 3.8) is 0 Å². The molecule has 0 radical (unpaired) electrons. The summed E-state index contributed by atoms with van der Waals surface area (Å²) in [4.78, 5) is 0. The average Bonchev–Trinajstić information content (AvgIpc) is 2.96. The summed E-state index contributed by atoms with van der Waals surface area (Å²) in [5, 5.41) is 9.59. The molecule has 15 heavy (non-hydrogen) atoms. The molecule has 0 aliphatic heterocycles. The van der Waals surface area contributed by atoms with Gasteiger partial charge in [-0.3, -0.25) is 0 Å². The number of aliphatic hydroxyl groups is 1. The first-order valence-electron chi connectivity index (χ1n) is 4.90. The second-order valence-corrected chi connectivity index (χ2v) is 4.50. The van der Waals surface area contributed by atoms with Crippen LogP contribution in [-0.4, -0.2) is 18.3 Å². The Balaban J connectivity index is 2.40. The second-order valence-electron chi connectivity index (χ2n) is 4.07. The monoisotopic (exact) mass is 229 g/mol. The molecular weight excluding hydrogens is 217 g/mol. The lowest BCUT2D eigenvalue weighted by atomic mass is 9.93. The van der Waals surface area contributed by atoms with E-state index in [1.54, 1.807) is 6.07 Å². The molecule has 1 aliphatic rings. The number of rotatable bonds is 3. The average molecular weight is 230 g/mol. The molecule has 0 spiro atoms. The van der Waals surface area contributed by atoms with Crippen LogP contribution in [0, 0.1) is 11.7 Å². The van der Waals surface area contributed by atoms with Gasteiger partial charge < -0.3 is 10.8 Å². The molecule has 1 saturated carbocycles. The molecule has 0 aromatic heterocycles. The van der Waals surface area contributed by atoms with Gasteiger partial charge in [-0.25, -0.2) is 4.39 Å². The zero-order valence-electron chi connectivity index (χ0n) is 8.21. The van der Waals surface area contributed by atoms with Gasteiger partial charge in [0.15, 0.2) is 0 Å². The molecule has 0 bridgehead atoms. The fourth-order valence-electron chi connectivity index (χ4n) is 2.19. The number of nitrogens with two attached hydrogens (primary N) is 1. The summed E-state index contributed by atoms with van der Waals surface area (Å²) < 4.78 is 13.6. The van der Waals surface area contributed by atoms with Gasteiger partial charge in [-0.1, -0.05) is 11.6 Å². The van der Waals surface area contributed by atoms with Gasteiger partial charge >= 0.3 is 0 Å². The molecule has 1 aliphatic carbocycles. The molecule has 1 aromatic carbocycles. The molecule has 0 unspecified atom stereocenters. The third kappa shape index (κ3) is 1.65. The van der Waals surface area contributed by atoms with Crippen LogP contribution in [-0.2, 0) is 5.41 Å². The molecule has 2 nitrogen and oxygen atoms in total. The number of halogens is 2. The molecule has 1 aromatic rings. The minimum atomic E-state index is -0.399. The number of hydrogen-bond acceptors (Lipinski definition) is 2. The van der Waals surface area contributed by atoms with Gasteiger partial charge in [-0.2, -0.15) is 0 Å². The fraction of sp³-hybridized carbons (Fsp3) is 0.455. The minimum absolute atomic E-state index is 0.0448. The summed E-state index contributed by atoms with van der Waals surface area (Å²) >= 11 is 5.83. The molecule has 4 heteroatoms. The highest BCUT2D eigenvalue weighted by Crippen LogP contribution is 2.54. The molecule has 1 fully saturated rings. The van der Waals surface area contributed by atoms with Crippen LogP contribution in [0.1, 0.15) is 12.0 Å². The predicted octanol–water partition coefficient (Wildman–Crippen LogP) is 1.69. The lowest BCUT2D eigenvalue weighted by Gasteiger charge is -2.16. The highest BCUT2D eigenvalue weighted by Gasteiger charge is 2.55. The maximum absolute atomic E-state index is 13.6. The number of benzene rings is 1. The normalized spacial score (nSPS) is 29.2. The lowest BCUT2D eigenvalue weighted by Crippen LogP contribution is -2.24. The van der Waals surface area contributed by atoms with E-state index in [-0.39, 0.29) is 18.3 Å². The maximum Gasteiger partial charge on any atom is 0.127 e. The Morgan fingerprint density at radius 2 is 2.33 bits per heavy atom. The van der Waals surface area contributed by atoms with E-state index in [0.717, 1.165) is 6.42 Å². The van der Waals surface area contributed by atoms with Crippen LogP contribution < -0.4 is 5.73 Å². The van der Waals surface area contributed by atoms with E-state index in [1.807, 2.05) is 0 Å². The largest absolute Gasteiger partial charge is 0.396 e. The topological polar surface area (TPSA) is 46.2 Å². The van der Waals surface area contributed by atoms with Crippen molar-refractivity contribution in [1.82, 2.24) is 0 Å². The van der Waals surface area contributed by atoms with Gasteiger partial charge in [0, 0.05) is 23.6 Å². The van der Waals surface area contributed by atoms with E-state index in [1.165, 1.54) is 12.1 Å². The van der Waals surface area contributed by atoms with Gasteiger partial charge in [0.25, 0.3) is 0 Å². The molecule has 2 atom stereocenters. The summed E-state index contributed by atoms with van der Waals surface area (Å²) in [5.41, 5.74) is 5.80. The number of aliphatic hydroxyl groups excluding tert-OH is 1. The Morgan fingerprint density at radius 3 is 2.87 bits per heavy atom. The van der Waals surface area contributed by atoms with Crippen LogP contribution in [0.4, 0.5) is 4.39 Å². The van der Waals surface area contributed by atoms with Crippen LogP contribution in [0.3, 0.4) is 0 Å². The Hall–Kier alpha value is -0.640. The fourth-order valence-corrected chi connectivity index (χ4v) is 2.36. The van der Waals surface area contributed by atoms with E-state index in [4.69, 9.17) is 22.4 Å². The van der Waals surface area contributed by atoms with Gasteiger partial charge in [0.2, 0.25) is 0 Å². The summed E-state index contributed by atoms with van der Waals surface area (Å²) in [6.07, 6.45) is 0.733. The van der Waals surface area contributed by atoms with Gasteiger partial charge in [-0.05, 0) is 36.1 Å². The minimum Gasteiger partial charge on any atom is -0.396 e. The van der Waals surface area contributed by atoms with Crippen molar-refractivity contribution in [2.24, 2.45) is 11.7 Å². The van der Waals surface area contributed by atoms with Crippen LogP contribution >= 0.6 is 11.6 Å². The van der Waals surface area contributed by atoms with E-state index < -0.39 is 5.41 Å². The second kappa shape index (κ2) is 3.74. The molecule has 0 heterocycles. The smallest absolute Gasteiger partial charge is 0.127 e. The predicted molar refractivity (Wildman–Crippen MR) is 57.3 cm³/mol. The molecular formula is C11H13ClFNO. The Labute approximate surface area is 92.9 Å². The van der Waals surface area contributed by atoms with Crippen molar-refractivity contribution in [1.29, 1.82) is 0 Å². The number of hydrogen-bond donors (Lipinski definition) is 2. The standard InChI is InChI=1S/C11H13ClFNO/c12-8-1-2-10(13)9(3-8)11(6-14)4-7(11)5-15/h1-3,7,15H,4-6,14H2/t7-,11-/m0/s1. The Morgan fingerprint density at radius 1 is 1.60 bits per heavy atom. The van der Waals surface area contributed by atoms with Crippen molar-refractivity contribution < 1.29 is 9.50 Å². The zero-order valence-corrected chi connectivity index (χ0v) is 8.97. The van der Waals surface area contributed by atoms with E-state index in [2.05, 4.69) is 0 Å². The van der Waals surface area contributed by atoms with E-state index >= 15 is 0 Å². The van der Waals surface area contributed by atoms with Crippen LogP contribution in [0.5, 0.6) is 0 Å². The maximum atomic E-state index is 13.6. The van der Waals surface area contributed by atoms with E-state index in [9.17, 15) is 4.39 Å². The highest BCUT2D eigenvalue weighted by molar-refractivity contribution is 6.30. The summed E-state index contributed by atoms with van der Waals surface area (Å²) in [6, 6.07) is 4.47. The van der Waals surface area contributed by atoms with E-state index in [0.29, 0.717) is 17.1 Å². The van der Waals surface area contributed by atoms with Crippen molar-refractivity contribution in [2.75, 3.05) is 13.2 Å². The molecule has 0 amide bonds. The van der Waals surface area contributed by atoms with Crippen molar-refractivity contribution >= 4 is 11.6 Å². The van der Waals surface area contributed by atoms with Crippen molar-refractivity contribution in [3.8, 4) is 0 Å². The van der Waals surface area contributed by atoms with Crippen LogP contribution in [0.2, 0.25) is 5.02 Å². The highest BCUT2D eigenvalue weighted by atomic mass is 35.5. The Kier molecular flexibility index (Phi) is 2.71. The first-order valence-corrected chi connectivity index (χ1v) is 5.28. The zero-order chi connectivity index (χ0) is 11.1. The quantitative estimate of drug-likeness (QED) is 0.829. The van der Waals surface area contributed by atoms with Crippen LogP contribution in [0.25, 0.3) is 0 Å². The summed E-state index contributed by atoms with van der Waals surface area (Å²) in [6.45, 7) is 0.388. The molecule has 2 rings (SSSR count). The van der Waals surface area contributed by atoms with Gasteiger partial charge in [0.1, 0.15) is 5.82 Å². The van der Waals surface area contributed by atoms with Gasteiger partial charge in [0.05, 0.1) is 0 Å². The molecule has 3 N–H and O–H groups in total. The Bertz CT molecular complexity index is 385. The van der Waals surface area contributed by atoms with Gasteiger partial charge in [-0.15, -0.1) is 0 Å². The first kappa shape index (κ1) is 10.9. The SMILES string of the molecule is NC[C@@]1(c2cc(Cl)ccc2F)C[C@H]1CO. The third-order valence-electron chi connectivity index (χ3n) is 3.28. The summed E-state index contributed by atoms with van der Waals surface area (Å²) in [7, 11) is 0. The molecule has 0 saturated heterocycles. The third-order valence-corrected chi connectivity index (χ3v) is 3.52. The first-order chi connectivity index (χ1) is 7.14. The van der Waals surface area contributed by atoms with Crippen molar-refractivity contribution in [3.05, 3.63) is 34.6 Å². The van der Waals surface area contributed by atoms with Crippen LogP contribution in [0.15, 0.2) is 18.2 Å². The van der Waals surface area contributed by atoms with Crippen molar-refractivity contribution in [2.45, 2.75) is 11.8 Å². The lowest BCUT2D eigenvalue weighted by molar-refractivity contribution is 0.263. The summed E-state index contributed by atoms with van der Waals surface area (Å²) in [5.74, 6) is -0.226.